The van der Waals surface area contributed by atoms with Crippen LogP contribution in [0.3, 0.4) is 0 Å². The minimum absolute atomic E-state index is 0.748. The average molecular weight is 182 g/mol. The highest BCUT2D eigenvalue weighted by molar-refractivity contribution is 5.78. The number of hydrogen-bond donors (Lipinski definition) is 2. The molecule has 0 bridgehead atoms. The Morgan fingerprint density at radius 3 is 3.00 bits per heavy atom. The van der Waals surface area contributed by atoms with Crippen LogP contribution in [0.5, 0.6) is 0 Å². The van der Waals surface area contributed by atoms with Crippen LogP contribution in [0.25, 0.3) is 0 Å². The maximum Gasteiger partial charge on any atom is 0.0931 e. The molecule has 0 aliphatic carbocycles. The third-order valence-electron chi connectivity index (χ3n) is 2.91. The van der Waals surface area contributed by atoms with Crippen molar-refractivity contribution in [1.82, 2.24) is 5.32 Å². The van der Waals surface area contributed by atoms with Crippen LogP contribution in [0.2, 0.25) is 0 Å². The van der Waals surface area contributed by atoms with Crippen LogP contribution in [0, 0.1) is 11.3 Å². The van der Waals surface area contributed by atoms with E-state index in [9.17, 15) is 0 Å². The van der Waals surface area contributed by atoms with E-state index in [1.807, 2.05) is 0 Å². The smallest absolute Gasteiger partial charge is 0.0931 e. The van der Waals surface area contributed by atoms with Gasteiger partial charge < -0.3 is 5.32 Å². The van der Waals surface area contributed by atoms with Gasteiger partial charge in [-0.25, -0.2) is 0 Å². The molecule has 2 N–H and O–H groups in total. The summed E-state index contributed by atoms with van der Waals surface area (Å²) in [4.78, 5) is 0. The second kappa shape index (κ2) is 6.01. The predicted molar refractivity (Wildman–Crippen MR) is 57.2 cm³/mol. The summed E-state index contributed by atoms with van der Waals surface area (Å²) in [5, 5.41) is 10.7. The topological polar surface area (TPSA) is 35.9 Å². The Kier molecular flexibility index (Phi) is 4.87. The molecule has 1 atom stereocenters. The molecule has 2 heteroatoms. The molecule has 0 aromatic heterocycles. The Balaban J connectivity index is 2.14. The summed E-state index contributed by atoms with van der Waals surface area (Å²) in [6.45, 7) is 3.28. The fourth-order valence-electron chi connectivity index (χ4n) is 1.98. The lowest BCUT2D eigenvalue weighted by Gasteiger charge is -2.11. The summed E-state index contributed by atoms with van der Waals surface area (Å²) in [5.74, 6) is 1.62. The molecule has 1 aliphatic heterocycles. The quantitative estimate of drug-likeness (QED) is 0.644. The largest absolute Gasteiger partial charge is 0.374 e. The number of amidine groups is 1. The van der Waals surface area contributed by atoms with E-state index in [0.717, 1.165) is 24.7 Å². The lowest BCUT2D eigenvalue weighted by molar-refractivity contribution is 0.420. The molecule has 1 saturated heterocycles. The molecule has 13 heavy (non-hydrogen) atoms. The van der Waals surface area contributed by atoms with Crippen molar-refractivity contribution in [2.75, 3.05) is 6.54 Å². The van der Waals surface area contributed by atoms with Crippen LogP contribution in [-0.4, -0.2) is 12.4 Å². The predicted octanol–water partition coefficient (Wildman–Crippen LogP) is 2.93. The highest BCUT2D eigenvalue weighted by Gasteiger charge is 2.13. The molecule has 1 aliphatic rings. The molecule has 1 heterocycles. The number of rotatable bonds is 4. The number of unbranched alkanes of at least 4 members (excludes halogenated alkanes) is 2. The fourth-order valence-corrected chi connectivity index (χ4v) is 1.98. The lowest BCUT2D eigenvalue weighted by Crippen LogP contribution is -2.20. The fraction of sp³-hybridized carbons (Fsp3) is 0.909. The lowest BCUT2D eigenvalue weighted by atomic mass is 9.94. The van der Waals surface area contributed by atoms with Crippen molar-refractivity contribution in [2.45, 2.75) is 51.9 Å². The van der Waals surface area contributed by atoms with Crippen LogP contribution in [0.4, 0.5) is 0 Å². The van der Waals surface area contributed by atoms with Gasteiger partial charge in [0.25, 0.3) is 0 Å². The van der Waals surface area contributed by atoms with Gasteiger partial charge in [-0.2, -0.15) is 0 Å². The minimum Gasteiger partial charge on any atom is -0.374 e. The van der Waals surface area contributed by atoms with Gasteiger partial charge in [0.1, 0.15) is 0 Å². The molecule has 0 spiro atoms. The Bertz CT molecular complexity index is 154. The monoisotopic (exact) mass is 182 g/mol. The van der Waals surface area contributed by atoms with E-state index >= 15 is 0 Å². The Labute approximate surface area is 81.6 Å². The van der Waals surface area contributed by atoms with E-state index in [1.54, 1.807) is 0 Å². The van der Waals surface area contributed by atoms with E-state index < -0.39 is 0 Å². The normalized spacial score (nSPS) is 23.8. The van der Waals surface area contributed by atoms with Crippen molar-refractivity contribution in [1.29, 1.82) is 5.41 Å². The zero-order chi connectivity index (χ0) is 9.52. The molecule has 0 saturated carbocycles. The Morgan fingerprint density at radius 1 is 1.38 bits per heavy atom. The van der Waals surface area contributed by atoms with E-state index in [1.165, 1.54) is 38.5 Å². The van der Waals surface area contributed by atoms with Gasteiger partial charge in [-0.15, -0.1) is 0 Å². The van der Waals surface area contributed by atoms with E-state index in [-0.39, 0.29) is 0 Å². The summed E-state index contributed by atoms with van der Waals surface area (Å²) >= 11 is 0. The Hall–Kier alpha value is -0.530. The molecule has 0 aromatic carbocycles. The van der Waals surface area contributed by atoms with Gasteiger partial charge >= 0.3 is 0 Å². The summed E-state index contributed by atoms with van der Waals surface area (Å²) in [5.41, 5.74) is 0. The van der Waals surface area contributed by atoms with Gasteiger partial charge in [0.2, 0.25) is 0 Å². The molecular formula is C11H22N2. The van der Waals surface area contributed by atoms with Crippen molar-refractivity contribution in [3.8, 4) is 0 Å². The van der Waals surface area contributed by atoms with Gasteiger partial charge in [0.05, 0.1) is 5.84 Å². The summed E-state index contributed by atoms with van der Waals surface area (Å²) < 4.78 is 0. The Morgan fingerprint density at radius 2 is 2.23 bits per heavy atom. The number of nitrogens with one attached hydrogen (secondary N) is 2. The molecule has 1 fully saturated rings. The molecule has 1 unspecified atom stereocenters. The third kappa shape index (κ3) is 4.30. The van der Waals surface area contributed by atoms with Crippen LogP contribution < -0.4 is 5.32 Å². The first kappa shape index (κ1) is 10.6. The minimum atomic E-state index is 0.748. The first-order valence-electron chi connectivity index (χ1n) is 5.64. The van der Waals surface area contributed by atoms with Crippen molar-refractivity contribution in [3.63, 3.8) is 0 Å². The SMILES string of the molecule is CCCCCC1CCNC(=N)CC1. The second-order valence-electron chi connectivity index (χ2n) is 4.09. The summed E-state index contributed by atoms with van der Waals surface area (Å²) in [6.07, 6.45) is 8.93. The zero-order valence-corrected chi connectivity index (χ0v) is 8.73. The van der Waals surface area contributed by atoms with E-state index in [4.69, 9.17) is 5.41 Å². The van der Waals surface area contributed by atoms with Crippen molar-refractivity contribution in [3.05, 3.63) is 0 Å². The third-order valence-corrected chi connectivity index (χ3v) is 2.91. The van der Waals surface area contributed by atoms with Gasteiger partial charge in [-0.05, 0) is 18.8 Å². The van der Waals surface area contributed by atoms with Crippen molar-refractivity contribution >= 4 is 5.84 Å². The molecule has 76 valence electrons. The second-order valence-corrected chi connectivity index (χ2v) is 4.09. The first-order valence-corrected chi connectivity index (χ1v) is 5.64. The molecule has 0 aromatic rings. The standard InChI is InChI=1S/C11H22N2/c1-2-3-4-5-10-6-7-11(12)13-9-8-10/h10H,2-9H2,1H3,(H2,12,13). The van der Waals surface area contributed by atoms with Crippen molar-refractivity contribution in [2.24, 2.45) is 5.92 Å². The highest BCUT2D eigenvalue weighted by Crippen LogP contribution is 2.20. The summed E-state index contributed by atoms with van der Waals surface area (Å²) in [6, 6.07) is 0. The van der Waals surface area contributed by atoms with E-state index in [0.29, 0.717) is 0 Å². The average Bonchev–Trinajstić information content (AvgIpc) is 2.32. The maximum absolute atomic E-state index is 7.52. The van der Waals surface area contributed by atoms with Gasteiger partial charge in [-0.1, -0.05) is 32.6 Å². The van der Waals surface area contributed by atoms with Gasteiger partial charge in [0.15, 0.2) is 0 Å². The van der Waals surface area contributed by atoms with Crippen LogP contribution in [0.1, 0.15) is 51.9 Å². The van der Waals surface area contributed by atoms with Gasteiger partial charge in [-0.3, -0.25) is 5.41 Å². The molecule has 0 amide bonds. The van der Waals surface area contributed by atoms with Gasteiger partial charge in [0, 0.05) is 13.0 Å². The molecule has 2 nitrogen and oxygen atoms in total. The van der Waals surface area contributed by atoms with Crippen molar-refractivity contribution < 1.29 is 0 Å². The maximum atomic E-state index is 7.52. The highest BCUT2D eigenvalue weighted by atomic mass is 14.9. The van der Waals surface area contributed by atoms with E-state index in [2.05, 4.69) is 12.2 Å². The molecular weight excluding hydrogens is 160 g/mol. The molecule has 1 rings (SSSR count). The van der Waals surface area contributed by atoms with Crippen LogP contribution in [-0.2, 0) is 0 Å². The van der Waals surface area contributed by atoms with Crippen LogP contribution >= 0.6 is 0 Å². The number of hydrogen-bond acceptors (Lipinski definition) is 1. The summed E-state index contributed by atoms with van der Waals surface area (Å²) in [7, 11) is 0. The first-order chi connectivity index (χ1) is 6.33. The zero-order valence-electron chi connectivity index (χ0n) is 8.73. The molecule has 0 radical (unpaired) electrons. The van der Waals surface area contributed by atoms with Crippen LogP contribution in [0.15, 0.2) is 0 Å².